The molecule has 0 saturated carbocycles. The van der Waals surface area contributed by atoms with Gasteiger partial charge in [-0.25, -0.2) is 4.79 Å². The van der Waals surface area contributed by atoms with Crippen LogP contribution in [0, 0.1) is 0 Å². The summed E-state index contributed by atoms with van der Waals surface area (Å²) in [6.07, 6.45) is 0.260. The number of nitrogens with two attached hydrogens (primary N) is 1. The molecule has 1 aromatic carbocycles. The number of carbonyl (C=O) groups excluding carboxylic acids is 2. The van der Waals surface area contributed by atoms with Crippen LogP contribution in [-0.2, 0) is 4.79 Å². The molecule has 0 radical (unpaired) electrons. The summed E-state index contributed by atoms with van der Waals surface area (Å²) in [5.74, 6) is -0.263. The number of anilines is 1. The Bertz CT molecular complexity index is 384. The second-order valence-electron chi connectivity index (χ2n) is 3.45. The van der Waals surface area contributed by atoms with Gasteiger partial charge in [-0.1, -0.05) is 12.1 Å². The summed E-state index contributed by atoms with van der Waals surface area (Å²) >= 11 is 0. The third kappa shape index (κ3) is 2.07. The largest absolute Gasteiger partial charge is 0.399 e. The van der Waals surface area contributed by atoms with Crippen LogP contribution in [0.15, 0.2) is 24.3 Å². The molecule has 2 rings (SSSR count). The fourth-order valence-electron chi connectivity index (χ4n) is 1.54. The minimum atomic E-state index is -0.451. The van der Waals surface area contributed by atoms with Gasteiger partial charge in [0.1, 0.15) is 0 Å². The minimum absolute atomic E-state index is 0.258. The Morgan fingerprint density at radius 2 is 1.87 bits per heavy atom. The molecule has 4 N–H and O–H groups in total. The van der Waals surface area contributed by atoms with Crippen LogP contribution in [0.4, 0.5) is 10.5 Å². The third-order valence-corrected chi connectivity index (χ3v) is 2.29. The van der Waals surface area contributed by atoms with Crippen molar-refractivity contribution >= 4 is 17.6 Å². The van der Waals surface area contributed by atoms with E-state index in [9.17, 15) is 9.59 Å². The van der Waals surface area contributed by atoms with Gasteiger partial charge >= 0.3 is 6.03 Å². The van der Waals surface area contributed by atoms with Crippen LogP contribution in [0.1, 0.15) is 18.0 Å². The van der Waals surface area contributed by atoms with Crippen molar-refractivity contribution in [3.05, 3.63) is 29.8 Å². The van der Waals surface area contributed by atoms with Gasteiger partial charge in [0, 0.05) is 5.69 Å². The fourth-order valence-corrected chi connectivity index (χ4v) is 1.54. The Labute approximate surface area is 86.6 Å². The predicted molar refractivity (Wildman–Crippen MR) is 54.9 cm³/mol. The molecule has 0 bridgehead atoms. The topological polar surface area (TPSA) is 84.2 Å². The first kappa shape index (κ1) is 9.51. The highest BCUT2D eigenvalue weighted by atomic mass is 16.2. The average molecular weight is 205 g/mol. The summed E-state index contributed by atoms with van der Waals surface area (Å²) < 4.78 is 0. The van der Waals surface area contributed by atoms with Gasteiger partial charge in [0.25, 0.3) is 0 Å². The molecular weight excluding hydrogens is 194 g/mol. The van der Waals surface area contributed by atoms with Gasteiger partial charge in [-0.15, -0.1) is 0 Å². The summed E-state index contributed by atoms with van der Waals surface area (Å²) in [7, 11) is 0. The molecule has 1 heterocycles. The van der Waals surface area contributed by atoms with Crippen molar-refractivity contribution in [3.63, 3.8) is 0 Å². The maximum Gasteiger partial charge on any atom is 0.321 e. The van der Waals surface area contributed by atoms with E-state index in [0.29, 0.717) is 5.69 Å². The van der Waals surface area contributed by atoms with Crippen molar-refractivity contribution in [2.75, 3.05) is 5.73 Å². The van der Waals surface area contributed by atoms with E-state index in [1.165, 1.54) is 0 Å². The van der Waals surface area contributed by atoms with Gasteiger partial charge < -0.3 is 11.1 Å². The highest BCUT2D eigenvalue weighted by Gasteiger charge is 2.24. The van der Waals surface area contributed by atoms with E-state index in [4.69, 9.17) is 5.73 Å². The van der Waals surface area contributed by atoms with E-state index >= 15 is 0 Å². The number of urea groups is 1. The molecule has 0 unspecified atom stereocenters. The van der Waals surface area contributed by atoms with Crippen molar-refractivity contribution in [1.82, 2.24) is 10.6 Å². The molecule has 1 fully saturated rings. The van der Waals surface area contributed by atoms with Crippen LogP contribution < -0.4 is 16.4 Å². The van der Waals surface area contributed by atoms with Gasteiger partial charge in [-0.3, -0.25) is 10.1 Å². The second kappa shape index (κ2) is 3.61. The van der Waals surface area contributed by atoms with Crippen LogP contribution in [0.3, 0.4) is 0 Å². The number of rotatable bonds is 1. The second-order valence-corrected chi connectivity index (χ2v) is 3.45. The smallest absolute Gasteiger partial charge is 0.321 e. The molecule has 15 heavy (non-hydrogen) atoms. The normalized spacial score (nSPS) is 20.7. The summed E-state index contributed by atoms with van der Waals surface area (Å²) in [6, 6.07) is 6.39. The first-order valence-electron chi connectivity index (χ1n) is 4.61. The summed E-state index contributed by atoms with van der Waals surface area (Å²) in [6.45, 7) is 0. The maximum atomic E-state index is 11.1. The monoisotopic (exact) mass is 205 g/mol. The standard InChI is InChI=1S/C10H11N3O2/c11-7-3-1-6(2-4-7)8-5-9(14)13-10(15)12-8/h1-4,8H,5,11H2,(H2,12,13,14,15)/t8-/m1/s1. The lowest BCUT2D eigenvalue weighted by Gasteiger charge is -2.23. The van der Waals surface area contributed by atoms with Crippen molar-refractivity contribution in [1.29, 1.82) is 0 Å². The molecule has 1 saturated heterocycles. The minimum Gasteiger partial charge on any atom is -0.399 e. The van der Waals surface area contributed by atoms with E-state index in [-0.39, 0.29) is 18.4 Å². The molecular formula is C10H11N3O2. The first-order valence-corrected chi connectivity index (χ1v) is 4.61. The Morgan fingerprint density at radius 3 is 2.47 bits per heavy atom. The molecule has 0 aromatic heterocycles. The van der Waals surface area contributed by atoms with Gasteiger partial charge in [0.05, 0.1) is 12.5 Å². The van der Waals surface area contributed by atoms with E-state index in [1.807, 2.05) is 0 Å². The zero-order valence-electron chi connectivity index (χ0n) is 7.99. The Balaban J connectivity index is 2.19. The number of carbonyl (C=O) groups is 2. The molecule has 1 aromatic rings. The van der Waals surface area contributed by atoms with Crippen LogP contribution in [0.5, 0.6) is 0 Å². The number of nitrogens with one attached hydrogen (secondary N) is 2. The van der Waals surface area contributed by atoms with Gasteiger partial charge in [-0.05, 0) is 17.7 Å². The van der Waals surface area contributed by atoms with Crippen molar-refractivity contribution in [2.45, 2.75) is 12.5 Å². The molecule has 3 amide bonds. The number of amides is 3. The van der Waals surface area contributed by atoms with Crippen LogP contribution in [0.25, 0.3) is 0 Å². The Hall–Kier alpha value is -2.04. The van der Waals surface area contributed by atoms with Crippen molar-refractivity contribution in [3.8, 4) is 0 Å². The van der Waals surface area contributed by atoms with E-state index in [1.54, 1.807) is 24.3 Å². The molecule has 78 valence electrons. The molecule has 1 atom stereocenters. The Kier molecular flexibility index (Phi) is 2.29. The first-order chi connectivity index (χ1) is 7.15. The van der Waals surface area contributed by atoms with Crippen molar-refractivity contribution < 1.29 is 9.59 Å². The van der Waals surface area contributed by atoms with Gasteiger partial charge in [0.2, 0.25) is 5.91 Å². The molecule has 1 aliphatic heterocycles. The van der Waals surface area contributed by atoms with Crippen LogP contribution in [-0.4, -0.2) is 11.9 Å². The maximum absolute atomic E-state index is 11.1. The quantitative estimate of drug-likeness (QED) is 0.585. The van der Waals surface area contributed by atoms with Crippen molar-refractivity contribution in [2.24, 2.45) is 0 Å². The van der Waals surface area contributed by atoms with Crippen LogP contribution in [0.2, 0.25) is 0 Å². The zero-order valence-corrected chi connectivity index (χ0v) is 7.99. The number of imide groups is 1. The predicted octanol–water partition coefficient (Wildman–Crippen LogP) is 0.539. The number of benzene rings is 1. The molecule has 1 aliphatic rings. The van der Waals surface area contributed by atoms with Gasteiger partial charge in [-0.2, -0.15) is 0 Å². The number of hydrogen-bond acceptors (Lipinski definition) is 3. The highest BCUT2D eigenvalue weighted by Crippen LogP contribution is 2.19. The van der Waals surface area contributed by atoms with E-state index in [0.717, 1.165) is 5.56 Å². The number of hydrogen-bond donors (Lipinski definition) is 3. The van der Waals surface area contributed by atoms with E-state index < -0.39 is 6.03 Å². The Morgan fingerprint density at radius 1 is 1.20 bits per heavy atom. The SMILES string of the molecule is Nc1ccc([C@H]2CC(=O)NC(=O)N2)cc1. The summed E-state index contributed by atoms with van der Waals surface area (Å²) in [5, 5.41) is 4.85. The number of nitrogen functional groups attached to an aromatic ring is 1. The molecule has 0 spiro atoms. The summed E-state index contributed by atoms with van der Waals surface area (Å²) in [5.41, 5.74) is 7.08. The van der Waals surface area contributed by atoms with Gasteiger partial charge in [0.15, 0.2) is 0 Å². The molecule has 5 heteroatoms. The fraction of sp³-hybridized carbons (Fsp3) is 0.200. The highest BCUT2D eigenvalue weighted by molar-refractivity contribution is 5.97. The zero-order chi connectivity index (χ0) is 10.8. The lowest BCUT2D eigenvalue weighted by Crippen LogP contribution is -2.48. The lowest BCUT2D eigenvalue weighted by atomic mass is 10.0. The summed E-state index contributed by atoms with van der Waals surface area (Å²) in [4.78, 5) is 22.2. The lowest BCUT2D eigenvalue weighted by molar-refractivity contribution is -0.121. The van der Waals surface area contributed by atoms with Crippen LogP contribution >= 0.6 is 0 Å². The molecule has 5 nitrogen and oxygen atoms in total. The third-order valence-electron chi connectivity index (χ3n) is 2.29. The van der Waals surface area contributed by atoms with E-state index in [2.05, 4.69) is 10.6 Å². The molecule has 0 aliphatic carbocycles. The average Bonchev–Trinajstić information content (AvgIpc) is 2.17.